The summed E-state index contributed by atoms with van der Waals surface area (Å²) in [4.78, 5) is 12.8. The molecule has 0 saturated heterocycles. The van der Waals surface area contributed by atoms with Gasteiger partial charge in [-0.05, 0) is 29.8 Å². The highest BCUT2D eigenvalue weighted by Crippen LogP contribution is 2.14. The van der Waals surface area contributed by atoms with Crippen LogP contribution < -0.4 is 5.32 Å². The third-order valence-corrected chi connectivity index (χ3v) is 3.27. The molecule has 0 saturated carbocycles. The number of anilines is 1. The van der Waals surface area contributed by atoms with E-state index in [1.165, 1.54) is 0 Å². The molecular weight excluding hydrogens is 288 g/mol. The summed E-state index contributed by atoms with van der Waals surface area (Å²) in [7, 11) is 0. The van der Waals surface area contributed by atoms with Crippen molar-refractivity contribution < 1.29 is 0 Å². The maximum atomic E-state index is 4.37. The van der Waals surface area contributed by atoms with Crippen LogP contribution in [0.4, 0.5) is 5.82 Å². The molecule has 0 aliphatic carbocycles. The topological polar surface area (TPSA) is 50.7 Å². The Morgan fingerprint density at radius 2 is 2.12 bits per heavy atom. The molecule has 0 bridgehead atoms. The minimum absolute atomic E-state index is 0.696. The van der Waals surface area contributed by atoms with Gasteiger partial charge in [0.2, 0.25) is 0 Å². The zero-order chi connectivity index (χ0) is 11.5. The van der Waals surface area contributed by atoms with E-state index in [0.29, 0.717) is 6.54 Å². The second-order valence-corrected chi connectivity index (χ2v) is 5.11. The van der Waals surface area contributed by atoms with Gasteiger partial charge >= 0.3 is 0 Å². The van der Waals surface area contributed by atoms with E-state index in [1.54, 1.807) is 11.3 Å². The number of aryl methyl sites for hydroxylation is 2. The number of nitrogens with zero attached hydrogens (tertiary/aromatic N) is 3. The van der Waals surface area contributed by atoms with Gasteiger partial charge in [-0.2, -0.15) is 0 Å². The van der Waals surface area contributed by atoms with Gasteiger partial charge in [0, 0.05) is 17.1 Å². The van der Waals surface area contributed by atoms with Crippen LogP contribution in [-0.4, -0.2) is 15.0 Å². The highest BCUT2D eigenvalue weighted by Gasteiger charge is 2.01. The number of rotatable bonds is 3. The van der Waals surface area contributed by atoms with E-state index < -0.39 is 0 Å². The van der Waals surface area contributed by atoms with Crippen LogP contribution in [0.1, 0.15) is 16.5 Å². The molecule has 4 nitrogen and oxygen atoms in total. The lowest BCUT2D eigenvalue weighted by molar-refractivity contribution is 0.997. The van der Waals surface area contributed by atoms with Crippen molar-refractivity contribution in [3.8, 4) is 0 Å². The van der Waals surface area contributed by atoms with E-state index in [9.17, 15) is 0 Å². The zero-order valence-corrected chi connectivity index (χ0v) is 11.4. The molecular formula is C10H11BrN4S. The first kappa shape index (κ1) is 11.5. The number of thiazole rings is 1. The lowest BCUT2D eigenvalue weighted by Crippen LogP contribution is -2.03. The van der Waals surface area contributed by atoms with E-state index in [1.807, 2.05) is 25.3 Å². The fraction of sp³-hybridized carbons (Fsp3) is 0.300. The first-order chi connectivity index (χ1) is 7.63. The first-order valence-corrected chi connectivity index (χ1v) is 6.47. The summed E-state index contributed by atoms with van der Waals surface area (Å²) < 4.78 is 0.790. The van der Waals surface area contributed by atoms with Gasteiger partial charge in [-0.3, -0.25) is 0 Å². The summed E-state index contributed by atoms with van der Waals surface area (Å²) >= 11 is 4.99. The molecule has 6 heteroatoms. The molecule has 2 heterocycles. The van der Waals surface area contributed by atoms with Gasteiger partial charge in [0.15, 0.2) is 0 Å². The summed E-state index contributed by atoms with van der Waals surface area (Å²) in [6.45, 7) is 4.55. The molecule has 0 unspecified atom stereocenters. The second kappa shape index (κ2) is 4.88. The molecule has 0 atom stereocenters. The monoisotopic (exact) mass is 298 g/mol. The number of halogens is 1. The molecule has 2 rings (SSSR count). The third-order valence-electron chi connectivity index (χ3n) is 1.89. The number of aromatic nitrogens is 3. The number of hydrogen-bond acceptors (Lipinski definition) is 5. The Labute approximate surface area is 106 Å². The van der Waals surface area contributed by atoms with E-state index in [0.717, 1.165) is 26.9 Å². The molecule has 0 fully saturated rings. The van der Waals surface area contributed by atoms with Gasteiger partial charge in [-0.1, -0.05) is 0 Å². The maximum Gasteiger partial charge on any atom is 0.131 e. The van der Waals surface area contributed by atoms with Crippen LogP contribution in [-0.2, 0) is 6.54 Å². The van der Waals surface area contributed by atoms with Crippen LogP contribution in [0.2, 0.25) is 0 Å². The molecule has 0 radical (unpaired) electrons. The van der Waals surface area contributed by atoms with Crippen LogP contribution in [0.3, 0.4) is 0 Å². The van der Waals surface area contributed by atoms with Crippen molar-refractivity contribution in [1.29, 1.82) is 0 Å². The van der Waals surface area contributed by atoms with Gasteiger partial charge in [-0.25, -0.2) is 15.0 Å². The van der Waals surface area contributed by atoms with E-state index in [-0.39, 0.29) is 0 Å². The van der Waals surface area contributed by atoms with Gasteiger partial charge in [-0.15, -0.1) is 11.3 Å². The van der Waals surface area contributed by atoms with Crippen molar-refractivity contribution in [1.82, 2.24) is 15.0 Å². The first-order valence-electron chi connectivity index (χ1n) is 4.79. The Hall–Kier alpha value is -1.01. The molecule has 2 aromatic heterocycles. The quantitative estimate of drug-likeness (QED) is 0.885. The summed E-state index contributed by atoms with van der Waals surface area (Å²) in [5.74, 6) is 1.56. The predicted octanol–water partition coefficient (Wildman–Crippen LogP) is 2.92. The van der Waals surface area contributed by atoms with Crippen molar-refractivity contribution in [3.63, 3.8) is 0 Å². The molecule has 0 spiro atoms. The average molecular weight is 299 g/mol. The van der Waals surface area contributed by atoms with E-state index in [2.05, 4.69) is 36.2 Å². The normalized spacial score (nSPS) is 10.4. The van der Waals surface area contributed by atoms with Gasteiger partial charge < -0.3 is 5.32 Å². The van der Waals surface area contributed by atoms with Crippen molar-refractivity contribution in [2.75, 3.05) is 5.32 Å². The van der Waals surface area contributed by atoms with Crippen molar-refractivity contribution in [2.24, 2.45) is 0 Å². The van der Waals surface area contributed by atoms with Gasteiger partial charge in [0.1, 0.15) is 21.3 Å². The second-order valence-electron chi connectivity index (χ2n) is 3.36. The molecule has 1 N–H and O–H groups in total. The van der Waals surface area contributed by atoms with Gasteiger partial charge in [0.05, 0.1) is 6.54 Å². The fourth-order valence-electron chi connectivity index (χ4n) is 1.27. The molecule has 0 amide bonds. The molecule has 0 aromatic carbocycles. The minimum Gasteiger partial charge on any atom is -0.363 e. The SMILES string of the molecule is Cc1csc(CNc2cc(Br)nc(C)n2)n1. The predicted molar refractivity (Wildman–Crippen MR) is 68.6 cm³/mol. The molecule has 16 heavy (non-hydrogen) atoms. The van der Waals surface area contributed by atoms with Crippen LogP contribution in [0.25, 0.3) is 0 Å². The fourth-order valence-corrected chi connectivity index (χ4v) is 2.46. The van der Waals surface area contributed by atoms with Gasteiger partial charge in [0.25, 0.3) is 0 Å². The number of hydrogen-bond donors (Lipinski definition) is 1. The summed E-state index contributed by atoms with van der Waals surface area (Å²) in [6.07, 6.45) is 0. The van der Waals surface area contributed by atoms with Crippen LogP contribution in [0.15, 0.2) is 16.0 Å². The summed E-state index contributed by atoms with van der Waals surface area (Å²) in [5, 5.41) is 6.32. The molecule has 2 aromatic rings. The van der Waals surface area contributed by atoms with Crippen LogP contribution >= 0.6 is 27.3 Å². The average Bonchev–Trinajstić information content (AvgIpc) is 2.60. The van der Waals surface area contributed by atoms with Crippen molar-refractivity contribution in [2.45, 2.75) is 20.4 Å². The minimum atomic E-state index is 0.696. The van der Waals surface area contributed by atoms with Crippen molar-refractivity contribution >= 4 is 33.1 Å². The molecule has 84 valence electrons. The Morgan fingerprint density at radius 1 is 1.31 bits per heavy atom. The number of nitrogens with one attached hydrogen (secondary N) is 1. The third kappa shape index (κ3) is 2.99. The van der Waals surface area contributed by atoms with Crippen LogP contribution in [0, 0.1) is 13.8 Å². The molecule has 0 aliphatic rings. The Bertz CT molecular complexity index is 477. The zero-order valence-electron chi connectivity index (χ0n) is 8.99. The maximum absolute atomic E-state index is 4.37. The van der Waals surface area contributed by atoms with E-state index in [4.69, 9.17) is 0 Å². The Morgan fingerprint density at radius 3 is 2.75 bits per heavy atom. The lowest BCUT2D eigenvalue weighted by atomic mass is 10.5. The smallest absolute Gasteiger partial charge is 0.131 e. The standard InChI is InChI=1S/C10H11BrN4S/c1-6-5-16-10(13-6)4-12-9-3-8(11)14-7(2)15-9/h3,5H,4H2,1-2H3,(H,12,14,15). The summed E-state index contributed by atoms with van der Waals surface area (Å²) in [6, 6.07) is 1.85. The Balaban J connectivity index is 2.04. The van der Waals surface area contributed by atoms with Crippen molar-refractivity contribution in [3.05, 3.63) is 32.6 Å². The Kier molecular flexibility index (Phi) is 3.50. The summed E-state index contributed by atoms with van der Waals surface area (Å²) in [5.41, 5.74) is 1.06. The van der Waals surface area contributed by atoms with E-state index >= 15 is 0 Å². The largest absolute Gasteiger partial charge is 0.363 e. The molecule has 0 aliphatic heterocycles. The lowest BCUT2D eigenvalue weighted by Gasteiger charge is -2.04. The van der Waals surface area contributed by atoms with Crippen LogP contribution in [0.5, 0.6) is 0 Å². The highest BCUT2D eigenvalue weighted by atomic mass is 79.9. The highest BCUT2D eigenvalue weighted by molar-refractivity contribution is 9.10.